The number of fused-ring (bicyclic) bond motifs is 1. The molecule has 0 aliphatic carbocycles. The van der Waals surface area contributed by atoms with Crippen molar-refractivity contribution in [3.63, 3.8) is 0 Å². The molecule has 0 bridgehead atoms. The lowest BCUT2D eigenvalue weighted by atomic mass is 9.79. The van der Waals surface area contributed by atoms with Gasteiger partial charge in [0.05, 0.1) is 46.1 Å². The van der Waals surface area contributed by atoms with Gasteiger partial charge in [-0.3, -0.25) is 9.59 Å². The number of rotatable bonds is 7. The Morgan fingerprint density at radius 2 is 1.47 bits per heavy atom. The van der Waals surface area contributed by atoms with Gasteiger partial charge in [0.1, 0.15) is 11.5 Å². The van der Waals surface area contributed by atoms with Gasteiger partial charge >= 0.3 is 0 Å². The molecular formula is C28H30N2O6. The first kappa shape index (κ1) is 24.9. The van der Waals surface area contributed by atoms with E-state index >= 15 is 0 Å². The smallest absolute Gasteiger partial charge is 0.254 e. The molecule has 0 saturated heterocycles. The fourth-order valence-corrected chi connectivity index (χ4v) is 4.68. The third-order valence-electron chi connectivity index (χ3n) is 6.53. The van der Waals surface area contributed by atoms with Crippen LogP contribution in [0.25, 0.3) is 0 Å². The van der Waals surface area contributed by atoms with Gasteiger partial charge in [-0.05, 0) is 60.0 Å². The quantitative estimate of drug-likeness (QED) is 0.522. The first-order chi connectivity index (χ1) is 17.3. The van der Waals surface area contributed by atoms with Gasteiger partial charge in [0.2, 0.25) is 5.91 Å². The lowest BCUT2D eigenvalue weighted by molar-refractivity contribution is -0.119. The van der Waals surface area contributed by atoms with Crippen LogP contribution in [0.1, 0.15) is 39.0 Å². The van der Waals surface area contributed by atoms with Crippen molar-refractivity contribution in [3.8, 4) is 23.0 Å². The summed E-state index contributed by atoms with van der Waals surface area (Å²) in [4.78, 5) is 29.1. The zero-order chi connectivity index (χ0) is 26.0. The Balaban J connectivity index is 1.89. The average molecular weight is 491 g/mol. The molecule has 0 unspecified atom stereocenters. The third-order valence-corrected chi connectivity index (χ3v) is 6.53. The van der Waals surface area contributed by atoms with Gasteiger partial charge in [0.15, 0.2) is 11.5 Å². The molecule has 0 saturated carbocycles. The van der Waals surface area contributed by atoms with Crippen LogP contribution < -0.4 is 24.3 Å². The summed E-state index contributed by atoms with van der Waals surface area (Å²) < 4.78 is 21.7. The summed E-state index contributed by atoms with van der Waals surface area (Å²) in [5.74, 6) is 0.828. The van der Waals surface area contributed by atoms with Gasteiger partial charge in [-0.25, -0.2) is 0 Å². The molecule has 4 rings (SSSR count). The molecule has 188 valence electrons. The van der Waals surface area contributed by atoms with E-state index in [0.717, 1.165) is 11.1 Å². The van der Waals surface area contributed by atoms with Gasteiger partial charge in [0, 0.05) is 12.6 Å². The molecule has 1 aliphatic heterocycles. The van der Waals surface area contributed by atoms with E-state index in [0.29, 0.717) is 39.8 Å². The fourth-order valence-electron chi connectivity index (χ4n) is 4.68. The van der Waals surface area contributed by atoms with Crippen molar-refractivity contribution in [2.24, 2.45) is 0 Å². The van der Waals surface area contributed by atoms with E-state index < -0.39 is 12.0 Å². The Bertz CT molecular complexity index is 1290. The van der Waals surface area contributed by atoms with Crippen molar-refractivity contribution in [1.29, 1.82) is 0 Å². The van der Waals surface area contributed by atoms with Crippen LogP contribution in [0.4, 0.5) is 5.69 Å². The van der Waals surface area contributed by atoms with E-state index in [2.05, 4.69) is 5.32 Å². The summed E-state index contributed by atoms with van der Waals surface area (Å²) in [6.07, 6.45) is 0. The maximum absolute atomic E-state index is 14.0. The number of nitrogens with zero attached hydrogens (tertiary/aromatic N) is 1. The highest BCUT2D eigenvalue weighted by Crippen LogP contribution is 2.46. The number of nitrogens with one attached hydrogen (secondary N) is 1. The molecule has 3 aromatic rings. The van der Waals surface area contributed by atoms with Crippen molar-refractivity contribution >= 4 is 17.5 Å². The highest BCUT2D eigenvalue weighted by Gasteiger charge is 2.43. The molecule has 2 atom stereocenters. The number of anilines is 1. The van der Waals surface area contributed by atoms with Crippen molar-refractivity contribution in [2.45, 2.75) is 18.9 Å². The van der Waals surface area contributed by atoms with Gasteiger partial charge in [-0.15, -0.1) is 0 Å². The Hall–Kier alpha value is -4.20. The largest absolute Gasteiger partial charge is 0.497 e. The van der Waals surface area contributed by atoms with E-state index in [4.69, 9.17) is 18.9 Å². The highest BCUT2D eigenvalue weighted by molar-refractivity contribution is 6.05. The van der Waals surface area contributed by atoms with Crippen LogP contribution in [0.2, 0.25) is 0 Å². The van der Waals surface area contributed by atoms with Crippen LogP contribution in [-0.4, -0.2) is 52.2 Å². The SMILES string of the molecule is COc1ccc([C@@H]2[C@@H](C(=O)Nc3cc(C)ccc3OC)c3cc(OC)c(OC)cc3C(=O)N2C)cc1. The number of likely N-dealkylation sites (N-methyl/N-ethyl adjacent to an activating group) is 1. The number of amides is 2. The predicted octanol–water partition coefficient (Wildman–Crippen LogP) is 4.58. The number of carbonyl (C=O) groups excluding carboxylic acids is 2. The van der Waals surface area contributed by atoms with Crippen LogP contribution >= 0.6 is 0 Å². The molecule has 8 nitrogen and oxygen atoms in total. The highest BCUT2D eigenvalue weighted by atomic mass is 16.5. The first-order valence-corrected chi connectivity index (χ1v) is 11.5. The van der Waals surface area contributed by atoms with Crippen LogP contribution in [0.15, 0.2) is 54.6 Å². The van der Waals surface area contributed by atoms with Gasteiger partial charge in [0.25, 0.3) is 5.91 Å². The summed E-state index contributed by atoms with van der Waals surface area (Å²) >= 11 is 0. The Morgan fingerprint density at radius 1 is 0.833 bits per heavy atom. The summed E-state index contributed by atoms with van der Waals surface area (Å²) in [6, 6.07) is 15.7. The second kappa shape index (κ2) is 10.2. The molecule has 0 spiro atoms. The van der Waals surface area contributed by atoms with Crippen molar-refractivity contribution in [1.82, 2.24) is 4.90 Å². The van der Waals surface area contributed by atoms with Crippen LogP contribution in [0, 0.1) is 6.92 Å². The van der Waals surface area contributed by atoms with Gasteiger partial charge < -0.3 is 29.2 Å². The standard InChI is InChI=1S/C28H30N2O6/c1-16-7-12-22(34-4)21(13-16)29-27(31)25-19-14-23(35-5)24(36-6)15-20(19)28(32)30(2)26(25)17-8-10-18(33-3)11-9-17/h7-15,25-26H,1-6H3,(H,29,31)/t25-,26+/m0/s1. The molecule has 0 fully saturated rings. The summed E-state index contributed by atoms with van der Waals surface area (Å²) in [5, 5.41) is 3.04. The van der Waals surface area contributed by atoms with E-state index in [9.17, 15) is 9.59 Å². The van der Waals surface area contributed by atoms with Crippen molar-refractivity contribution in [3.05, 3.63) is 76.9 Å². The van der Waals surface area contributed by atoms with Crippen LogP contribution in [-0.2, 0) is 4.79 Å². The number of benzene rings is 3. The second-order valence-corrected chi connectivity index (χ2v) is 8.60. The van der Waals surface area contributed by atoms with Crippen LogP contribution in [0.3, 0.4) is 0 Å². The molecule has 0 aromatic heterocycles. The summed E-state index contributed by atoms with van der Waals surface area (Å²) in [6.45, 7) is 1.94. The molecule has 1 N–H and O–H groups in total. The average Bonchev–Trinajstić information content (AvgIpc) is 2.90. The molecule has 2 amide bonds. The molecule has 0 radical (unpaired) electrons. The second-order valence-electron chi connectivity index (χ2n) is 8.60. The number of carbonyl (C=O) groups is 2. The Kier molecular flexibility index (Phi) is 7.05. The fraction of sp³-hybridized carbons (Fsp3) is 0.286. The lowest BCUT2D eigenvalue weighted by Gasteiger charge is -2.40. The third kappa shape index (κ3) is 4.42. The summed E-state index contributed by atoms with van der Waals surface area (Å²) in [5.41, 5.74) is 3.26. The molecule has 36 heavy (non-hydrogen) atoms. The zero-order valence-electron chi connectivity index (χ0n) is 21.2. The molecule has 1 aliphatic rings. The number of methoxy groups -OCH3 is 4. The maximum atomic E-state index is 14.0. The lowest BCUT2D eigenvalue weighted by Crippen LogP contribution is -2.44. The minimum atomic E-state index is -0.749. The van der Waals surface area contributed by atoms with E-state index in [1.165, 1.54) is 14.2 Å². The topological polar surface area (TPSA) is 86.3 Å². The first-order valence-electron chi connectivity index (χ1n) is 11.5. The number of aryl methyl sites for hydroxylation is 1. The molecular weight excluding hydrogens is 460 g/mol. The Labute approximate surface area is 210 Å². The van der Waals surface area contributed by atoms with E-state index in [-0.39, 0.29) is 11.8 Å². The number of hydrogen-bond acceptors (Lipinski definition) is 6. The van der Waals surface area contributed by atoms with E-state index in [1.807, 2.05) is 49.4 Å². The monoisotopic (exact) mass is 490 g/mol. The van der Waals surface area contributed by atoms with Gasteiger partial charge in [-0.2, -0.15) is 0 Å². The van der Waals surface area contributed by atoms with Crippen molar-refractivity contribution in [2.75, 3.05) is 40.8 Å². The molecule has 3 aromatic carbocycles. The number of hydrogen-bond donors (Lipinski definition) is 1. The minimum Gasteiger partial charge on any atom is -0.497 e. The summed E-state index contributed by atoms with van der Waals surface area (Å²) in [7, 11) is 7.88. The minimum absolute atomic E-state index is 0.219. The molecule has 8 heteroatoms. The maximum Gasteiger partial charge on any atom is 0.254 e. The zero-order valence-corrected chi connectivity index (χ0v) is 21.2. The van der Waals surface area contributed by atoms with Crippen LogP contribution in [0.5, 0.6) is 23.0 Å². The Morgan fingerprint density at radius 3 is 2.08 bits per heavy atom. The normalized spacial score (nSPS) is 16.7. The van der Waals surface area contributed by atoms with E-state index in [1.54, 1.807) is 38.3 Å². The number of ether oxygens (including phenoxy) is 4. The predicted molar refractivity (Wildman–Crippen MR) is 136 cm³/mol. The van der Waals surface area contributed by atoms with Gasteiger partial charge in [-0.1, -0.05) is 18.2 Å². The van der Waals surface area contributed by atoms with Crippen molar-refractivity contribution < 1.29 is 28.5 Å². The molecule has 1 heterocycles.